The van der Waals surface area contributed by atoms with Crippen LogP contribution in [0.1, 0.15) is 15.9 Å². The summed E-state index contributed by atoms with van der Waals surface area (Å²) in [5, 5.41) is 1.16. The van der Waals surface area contributed by atoms with Gasteiger partial charge in [0.2, 0.25) is 0 Å². The van der Waals surface area contributed by atoms with Gasteiger partial charge in [-0.1, -0.05) is 17.7 Å². The predicted molar refractivity (Wildman–Crippen MR) is 104 cm³/mol. The highest BCUT2D eigenvalue weighted by atomic mass is 32.2. The minimum atomic E-state index is -3.34. The highest BCUT2D eigenvalue weighted by Gasteiger charge is 2.33. The molecule has 0 saturated heterocycles. The average Bonchev–Trinajstić information content (AvgIpc) is 3.01. The zero-order chi connectivity index (χ0) is 19.6. The molecule has 3 rings (SSSR count). The quantitative estimate of drug-likeness (QED) is 0.789. The molecule has 0 fully saturated rings. The summed E-state index contributed by atoms with van der Waals surface area (Å²) >= 11 is 0. The number of hydrogen-bond acceptors (Lipinski definition) is 5. The Morgan fingerprint density at radius 2 is 1.89 bits per heavy atom. The fourth-order valence-electron chi connectivity index (χ4n) is 3.06. The minimum Gasteiger partial charge on any atom is -0.497 e. The van der Waals surface area contributed by atoms with Crippen LogP contribution in [0.25, 0.3) is 0 Å². The second-order valence-electron chi connectivity index (χ2n) is 6.31. The van der Waals surface area contributed by atoms with E-state index in [-0.39, 0.29) is 11.7 Å². The Morgan fingerprint density at radius 1 is 1.11 bits per heavy atom. The molecule has 0 N–H and O–H groups in total. The number of hydrogen-bond donors (Lipinski definition) is 0. The number of benzene rings is 2. The van der Waals surface area contributed by atoms with Gasteiger partial charge >= 0.3 is 0 Å². The number of ether oxygens (including phenoxy) is 2. The first-order valence-corrected chi connectivity index (χ1v) is 10.1. The molecule has 0 aliphatic carbocycles. The number of sulfone groups is 1. The van der Waals surface area contributed by atoms with Crippen LogP contribution in [0.5, 0.6) is 11.5 Å². The van der Waals surface area contributed by atoms with E-state index in [0.717, 1.165) is 11.0 Å². The van der Waals surface area contributed by atoms with Crippen LogP contribution < -0.4 is 14.4 Å². The number of rotatable bonds is 5. The van der Waals surface area contributed by atoms with E-state index < -0.39 is 15.9 Å². The maximum absolute atomic E-state index is 13.3. The minimum absolute atomic E-state index is 0.167. The largest absolute Gasteiger partial charge is 0.497 e. The smallest absolute Gasteiger partial charge is 0.258 e. The fraction of sp³-hybridized carbons (Fsp3) is 0.250. The Labute approximate surface area is 158 Å². The van der Waals surface area contributed by atoms with E-state index in [1.54, 1.807) is 36.4 Å². The molecule has 0 aromatic heterocycles. The van der Waals surface area contributed by atoms with Crippen LogP contribution in [0, 0.1) is 6.92 Å². The van der Waals surface area contributed by atoms with Crippen molar-refractivity contribution >= 4 is 21.4 Å². The summed E-state index contributed by atoms with van der Waals surface area (Å²) in [4.78, 5) is 14.8. The van der Waals surface area contributed by atoms with Crippen LogP contribution >= 0.6 is 0 Å². The number of methoxy groups -OCH3 is 2. The molecule has 6 nitrogen and oxygen atoms in total. The molecule has 1 unspecified atom stereocenters. The van der Waals surface area contributed by atoms with E-state index in [1.165, 1.54) is 25.2 Å². The summed E-state index contributed by atoms with van der Waals surface area (Å²) in [6.45, 7) is 1.90. The van der Waals surface area contributed by atoms with Crippen molar-refractivity contribution in [2.24, 2.45) is 0 Å². The van der Waals surface area contributed by atoms with Crippen LogP contribution in [0.3, 0.4) is 0 Å². The lowest BCUT2D eigenvalue weighted by molar-refractivity contribution is 0.0982. The van der Waals surface area contributed by atoms with Crippen molar-refractivity contribution in [3.05, 3.63) is 65.1 Å². The summed E-state index contributed by atoms with van der Waals surface area (Å²) < 4.78 is 34.6. The standard InChI is InChI=1S/C20H21NO5S/c1-14-5-4-6-15(11-14)20(22)21(16-9-10-27(23,24)13-16)18-8-7-17(25-2)12-19(18)26-3/h4-12,16H,13H2,1-3H3. The van der Waals surface area contributed by atoms with Gasteiger partial charge in [0, 0.05) is 17.0 Å². The Morgan fingerprint density at radius 3 is 2.48 bits per heavy atom. The Balaban J connectivity index is 2.11. The van der Waals surface area contributed by atoms with Crippen LogP contribution in [-0.2, 0) is 9.84 Å². The topological polar surface area (TPSA) is 72.9 Å². The van der Waals surface area contributed by atoms with Gasteiger partial charge in [-0.3, -0.25) is 9.69 Å². The van der Waals surface area contributed by atoms with Gasteiger partial charge in [-0.05, 0) is 37.3 Å². The second-order valence-corrected chi connectivity index (χ2v) is 8.24. The highest BCUT2D eigenvalue weighted by molar-refractivity contribution is 7.94. The molecule has 1 atom stereocenters. The Hall–Kier alpha value is -2.80. The number of carbonyl (C=O) groups is 1. The van der Waals surface area contributed by atoms with Crippen LogP contribution in [0.2, 0.25) is 0 Å². The molecule has 1 heterocycles. The lowest BCUT2D eigenvalue weighted by Crippen LogP contribution is -2.41. The van der Waals surface area contributed by atoms with Gasteiger partial charge in [0.05, 0.1) is 31.7 Å². The van der Waals surface area contributed by atoms with E-state index >= 15 is 0 Å². The summed E-state index contributed by atoms with van der Waals surface area (Å²) in [6.07, 6.45) is 1.53. The van der Waals surface area contributed by atoms with Gasteiger partial charge in [0.25, 0.3) is 5.91 Å². The Kier molecular flexibility index (Phi) is 5.23. The zero-order valence-electron chi connectivity index (χ0n) is 15.4. The van der Waals surface area contributed by atoms with Crippen LogP contribution in [0.15, 0.2) is 53.9 Å². The van der Waals surface area contributed by atoms with Crippen molar-refractivity contribution in [1.29, 1.82) is 0 Å². The number of nitrogens with zero attached hydrogens (tertiary/aromatic N) is 1. The third kappa shape index (κ3) is 3.98. The van der Waals surface area contributed by atoms with Crippen molar-refractivity contribution in [3.63, 3.8) is 0 Å². The van der Waals surface area contributed by atoms with E-state index in [2.05, 4.69) is 0 Å². The first-order chi connectivity index (χ1) is 12.8. The van der Waals surface area contributed by atoms with Crippen molar-refractivity contribution in [1.82, 2.24) is 0 Å². The molecule has 2 aromatic rings. The van der Waals surface area contributed by atoms with Gasteiger partial charge in [0.1, 0.15) is 11.5 Å². The number of aryl methyl sites for hydroxylation is 1. The van der Waals surface area contributed by atoms with E-state index in [4.69, 9.17) is 9.47 Å². The van der Waals surface area contributed by atoms with E-state index in [1.807, 2.05) is 13.0 Å². The summed E-state index contributed by atoms with van der Waals surface area (Å²) in [5.41, 5.74) is 1.90. The van der Waals surface area contributed by atoms with Crippen molar-refractivity contribution < 1.29 is 22.7 Å². The molecule has 142 valence electrons. The molecular weight excluding hydrogens is 366 g/mol. The number of amides is 1. The molecule has 7 heteroatoms. The Bertz CT molecular complexity index is 997. The van der Waals surface area contributed by atoms with E-state index in [0.29, 0.717) is 22.7 Å². The molecule has 0 bridgehead atoms. The maximum Gasteiger partial charge on any atom is 0.258 e. The van der Waals surface area contributed by atoms with Gasteiger partial charge in [-0.2, -0.15) is 0 Å². The number of anilines is 1. The number of carbonyl (C=O) groups excluding carboxylic acids is 1. The first-order valence-electron chi connectivity index (χ1n) is 8.38. The van der Waals surface area contributed by atoms with Gasteiger partial charge in [0.15, 0.2) is 9.84 Å². The molecule has 1 amide bonds. The molecule has 0 radical (unpaired) electrons. The van der Waals surface area contributed by atoms with Gasteiger partial charge in [-0.25, -0.2) is 8.42 Å². The molecule has 2 aromatic carbocycles. The zero-order valence-corrected chi connectivity index (χ0v) is 16.2. The first kappa shape index (κ1) is 19.0. The van der Waals surface area contributed by atoms with Crippen molar-refractivity contribution in [2.75, 3.05) is 24.9 Å². The maximum atomic E-state index is 13.3. The molecule has 0 saturated carbocycles. The summed E-state index contributed by atoms with van der Waals surface area (Å²) in [6, 6.07) is 11.6. The fourth-order valence-corrected chi connectivity index (χ4v) is 4.33. The second kappa shape index (κ2) is 7.44. The van der Waals surface area contributed by atoms with Crippen LogP contribution in [-0.4, -0.2) is 40.3 Å². The van der Waals surface area contributed by atoms with E-state index in [9.17, 15) is 13.2 Å². The molecule has 27 heavy (non-hydrogen) atoms. The molecule has 0 spiro atoms. The normalized spacial score (nSPS) is 17.5. The monoisotopic (exact) mass is 387 g/mol. The molecule has 1 aliphatic heterocycles. The lowest BCUT2D eigenvalue weighted by atomic mass is 10.1. The van der Waals surface area contributed by atoms with Gasteiger partial charge < -0.3 is 9.47 Å². The summed E-state index contributed by atoms with van der Waals surface area (Å²) in [5.74, 6) is 0.537. The molecular formula is C20H21NO5S. The lowest BCUT2D eigenvalue weighted by Gasteiger charge is -2.29. The van der Waals surface area contributed by atoms with Crippen molar-refractivity contribution in [3.8, 4) is 11.5 Å². The molecule has 1 aliphatic rings. The highest BCUT2D eigenvalue weighted by Crippen LogP contribution is 2.35. The third-order valence-corrected chi connectivity index (χ3v) is 5.75. The van der Waals surface area contributed by atoms with Gasteiger partial charge in [-0.15, -0.1) is 0 Å². The summed E-state index contributed by atoms with van der Waals surface area (Å²) in [7, 11) is -0.312. The third-order valence-electron chi connectivity index (χ3n) is 4.37. The predicted octanol–water partition coefficient (Wildman–Crippen LogP) is 2.97. The van der Waals surface area contributed by atoms with Crippen molar-refractivity contribution in [2.45, 2.75) is 13.0 Å². The average molecular weight is 387 g/mol. The SMILES string of the molecule is COc1ccc(N(C(=O)c2cccc(C)c2)C2C=CS(=O)(=O)C2)c(OC)c1. The van der Waals surface area contributed by atoms with Crippen LogP contribution in [0.4, 0.5) is 5.69 Å².